The minimum atomic E-state index is -1.66. The first-order valence-corrected chi connectivity index (χ1v) is 11.4. The van der Waals surface area contributed by atoms with Crippen LogP contribution in [0, 0.1) is 23.5 Å². The average molecular weight is 510 g/mol. The number of benzene rings is 1. The number of halogens is 3. The van der Waals surface area contributed by atoms with Gasteiger partial charge in [-0.1, -0.05) is 12.2 Å². The van der Waals surface area contributed by atoms with E-state index in [0.29, 0.717) is 13.1 Å². The first kappa shape index (κ1) is 21.4. The number of ether oxygens (including phenoxy) is 1. The number of anilines is 1. The summed E-state index contributed by atoms with van der Waals surface area (Å²) in [5.74, 6) is -1.66. The highest BCUT2D eigenvalue weighted by molar-refractivity contribution is 9.10. The van der Waals surface area contributed by atoms with Crippen LogP contribution in [0.15, 0.2) is 27.6 Å². The van der Waals surface area contributed by atoms with Gasteiger partial charge in [0.05, 0.1) is 21.6 Å². The Morgan fingerprint density at radius 2 is 2.03 bits per heavy atom. The Hall–Kier alpha value is -2.46. The minimum Gasteiger partial charge on any atom is -0.449 e. The molecule has 2 N–H and O–H groups in total. The van der Waals surface area contributed by atoms with Gasteiger partial charge in [-0.2, -0.15) is 0 Å². The number of nitrogens with zero attached hydrogens (tertiary/aromatic N) is 2. The summed E-state index contributed by atoms with van der Waals surface area (Å²) in [4.78, 5) is 25.7. The van der Waals surface area contributed by atoms with Crippen molar-refractivity contribution < 1.29 is 23.4 Å². The third-order valence-corrected chi connectivity index (χ3v) is 7.50. The van der Waals surface area contributed by atoms with Crippen molar-refractivity contribution in [2.45, 2.75) is 31.3 Å². The van der Waals surface area contributed by atoms with E-state index in [4.69, 9.17) is 5.11 Å². The van der Waals surface area contributed by atoms with Gasteiger partial charge < -0.3 is 24.6 Å². The highest BCUT2D eigenvalue weighted by atomic mass is 79.9. The number of carbonyl (C=O) groups is 1. The van der Waals surface area contributed by atoms with Crippen molar-refractivity contribution in [3.63, 3.8) is 0 Å². The molecule has 2 aromatic rings. The molecule has 0 amide bonds. The second-order valence-corrected chi connectivity index (χ2v) is 9.44. The Morgan fingerprint density at radius 3 is 2.69 bits per heavy atom. The lowest BCUT2D eigenvalue weighted by atomic mass is 9.82. The molecule has 0 radical (unpaired) electrons. The van der Waals surface area contributed by atoms with E-state index in [1.54, 1.807) is 4.90 Å². The van der Waals surface area contributed by atoms with Crippen LogP contribution < -0.4 is 20.4 Å². The Bertz CT molecular complexity index is 1210. The fraction of sp³-hybridized carbons (Fsp3) is 0.455. The first-order valence-electron chi connectivity index (χ1n) is 10.6. The van der Waals surface area contributed by atoms with Crippen molar-refractivity contribution in [2.75, 3.05) is 25.0 Å². The lowest BCUT2D eigenvalue weighted by molar-refractivity contribution is 0.143. The Balaban J connectivity index is 1.69. The smallest absolute Gasteiger partial charge is 0.449 e. The van der Waals surface area contributed by atoms with Gasteiger partial charge in [0.1, 0.15) is 5.69 Å². The molecule has 0 bridgehead atoms. The van der Waals surface area contributed by atoms with Crippen LogP contribution in [0.1, 0.15) is 25.3 Å². The van der Waals surface area contributed by atoms with Gasteiger partial charge in [0.15, 0.2) is 17.4 Å². The third-order valence-electron chi connectivity index (χ3n) is 6.76. The number of pyridine rings is 1. The second-order valence-electron chi connectivity index (χ2n) is 8.65. The van der Waals surface area contributed by atoms with Crippen LogP contribution >= 0.6 is 15.9 Å². The molecule has 170 valence electrons. The maximum Gasteiger partial charge on any atom is 0.511 e. The number of carboxylic acid groups (broad SMARTS) is 1. The van der Waals surface area contributed by atoms with Crippen LogP contribution in [-0.2, 0) is 0 Å². The van der Waals surface area contributed by atoms with Crippen molar-refractivity contribution in [1.29, 1.82) is 0 Å². The highest BCUT2D eigenvalue weighted by Gasteiger charge is 2.41. The number of hydrogen-bond donors (Lipinski definition) is 2. The summed E-state index contributed by atoms with van der Waals surface area (Å²) >= 11 is 3.16. The van der Waals surface area contributed by atoms with Gasteiger partial charge in [0, 0.05) is 31.1 Å². The van der Waals surface area contributed by atoms with E-state index in [0.717, 1.165) is 19.3 Å². The lowest BCUT2D eigenvalue weighted by Gasteiger charge is -2.28. The zero-order valence-corrected chi connectivity index (χ0v) is 18.9. The van der Waals surface area contributed by atoms with Crippen molar-refractivity contribution in [3.8, 4) is 5.75 Å². The molecule has 1 aromatic carbocycles. The number of allylic oxidation sites excluding steroid dienone is 1. The van der Waals surface area contributed by atoms with Crippen LogP contribution in [-0.4, -0.2) is 42.0 Å². The molecule has 10 heteroatoms. The van der Waals surface area contributed by atoms with E-state index in [1.165, 1.54) is 10.8 Å². The van der Waals surface area contributed by atoms with Gasteiger partial charge in [-0.05, 0) is 48.2 Å². The van der Waals surface area contributed by atoms with Crippen LogP contribution in [0.4, 0.5) is 19.3 Å². The summed E-state index contributed by atoms with van der Waals surface area (Å²) in [5.41, 5.74) is -1.06. The van der Waals surface area contributed by atoms with Crippen LogP contribution in [0.3, 0.4) is 0 Å². The normalized spacial score (nSPS) is 24.8. The summed E-state index contributed by atoms with van der Waals surface area (Å²) in [5, 5.41) is 12.0. The van der Waals surface area contributed by atoms with Gasteiger partial charge in [-0.25, -0.2) is 13.6 Å². The zero-order valence-electron chi connectivity index (χ0n) is 17.3. The summed E-state index contributed by atoms with van der Waals surface area (Å²) in [6.07, 6.45) is 6.10. The van der Waals surface area contributed by atoms with Crippen LogP contribution in [0.5, 0.6) is 5.75 Å². The topological polar surface area (TPSA) is 83.8 Å². The fourth-order valence-corrected chi connectivity index (χ4v) is 5.69. The number of hydrogen-bond acceptors (Lipinski definition) is 5. The standard InChI is InChI=1S/C22H22BrF2N3O4/c1-26-13-4-2-3-10-7-27(8-12(10)13)20-17(24)16(23)15-19(18(20)25)28(11-5-6-11)9-14(21(15)29)32-22(30)31/h2,4,9-13,26H,3,5-8H2,1H3,(H,30,31). The summed E-state index contributed by atoms with van der Waals surface area (Å²) < 4.78 is 37.5. The highest BCUT2D eigenvalue weighted by Crippen LogP contribution is 2.45. The number of aromatic nitrogens is 1. The SMILES string of the molecule is CNC1C=CCC2CN(c3c(F)c(Br)c4c(=O)c(OC(=O)O)cn(C5CC5)c4c3F)CC21. The zero-order chi connectivity index (χ0) is 22.7. The molecule has 1 saturated heterocycles. The molecule has 1 saturated carbocycles. The van der Waals surface area contributed by atoms with Crippen LogP contribution in [0.2, 0.25) is 0 Å². The Morgan fingerprint density at radius 1 is 1.28 bits per heavy atom. The molecular weight excluding hydrogens is 488 g/mol. The van der Waals surface area contributed by atoms with E-state index >= 15 is 8.78 Å². The van der Waals surface area contributed by atoms with E-state index in [-0.39, 0.29) is 45.0 Å². The van der Waals surface area contributed by atoms with Crippen molar-refractivity contribution in [3.05, 3.63) is 44.7 Å². The third kappa shape index (κ3) is 3.31. The van der Waals surface area contributed by atoms with Gasteiger partial charge in [-0.15, -0.1) is 0 Å². The molecule has 2 fully saturated rings. The van der Waals surface area contributed by atoms with E-state index < -0.39 is 29.0 Å². The molecule has 7 nitrogen and oxygen atoms in total. The number of fused-ring (bicyclic) bond motifs is 2. The molecule has 5 rings (SSSR count). The quantitative estimate of drug-likeness (QED) is 0.367. The average Bonchev–Trinajstić information content (AvgIpc) is 3.51. The monoisotopic (exact) mass is 509 g/mol. The van der Waals surface area contributed by atoms with Crippen molar-refractivity contribution in [2.24, 2.45) is 11.8 Å². The molecule has 0 spiro atoms. The lowest BCUT2D eigenvalue weighted by Crippen LogP contribution is -2.38. The van der Waals surface area contributed by atoms with Gasteiger partial charge in [0.2, 0.25) is 5.43 Å². The summed E-state index contributed by atoms with van der Waals surface area (Å²) in [6, 6.07) is 0.0297. The molecule has 3 unspecified atom stereocenters. The Kier molecular flexibility index (Phi) is 5.24. The number of likely N-dealkylation sites (N-methyl/N-ethyl adjacent to an activating group) is 1. The van der Waals surface area contributed by atoms with E-state index in [2.05, 4.69) is 38.1 Å². The van der Waals surface area contributed by atoms with Gasteiger partial charge >= 0.3 is 6.16 Å². The molecule has 2 heterocycles. The maximum absolute atomic E-state index is 16.0. The number of rotatable bonds is 4. The largest absolute Gasteiger partial charge is 0.511 e. The predicted molar refractivity (Wildman–Crippen MR) is 119 cm³/mol. The maximum atomic E-state index is 16.0. The summed E-state index contributed by atoms with van der Waals surface area (Å²) in [7, 11) is 1.87. The molecule has 1 aliphatic heterocycles. The molecule has 2 aliphatic carbocycles. The Labute approximate surface area is 190 Å². The molecule has 1 aromatic heterocycles. The second kappa shape index (κ2) is 7.84. The van der Waals surface area contributed by atoms with Gasteiger partial charge in [-0.3, -0.25) is 4.79 Å². The number of nitrogens with one attached hydrogen (secondary N) is 1. The van der Waals surface area contributed by atoms with Crippen LogP contribution in [0.25, 0.3) is 10.9 Å². The molecule has 3 atom stereocenters. The molecule has 32 heavy (non-hydrogen) atoms. The van der Waals surface area contributed by atoms with Gasteiger partial charge in [0.25, 0.3) is 0 Å². The van der Waals surface area contributed by atoms with E-state index in [9.17, 15) is 9.59 Å². The molecule has 3 aliphatic rings. The molecular formula is C22H22BrF2N3O4. The first-order chi connectivity index (χ1) is 15.3. The minimum absolute atomic E-state index is 0.0309. The summed E-state index contributed by atoms with van der Waals surface area (Å²) in [6.45, 7) is 0.993. The van der Waals surface area contributed by atoms with Crippen molar-refractivity contribution in [1.82, 2.24) is 9.88 Å². The predicted octanol–water partition coefficient (Wildman–Crippen LogP) is 4.03. The fourth-order valence-electron chi connectivity index (χ4n) is 5.13. The van der Waals surface area contributed by atoms with E-state index in [1.807, 2.05) is 7.05 Å². The van der Waals surface area contributed by atoms with Crippen molar-refractivity contribution >= 4 is 38.7 Å².